The Hall–Kier alpha value is -3.03. The van der Waals surface area contributed by atoms with Crippen molar-refractivity contribution >= 4 is 17.5 Å². The molecule has 8 heteroatoms. The van der Waals surface area contributed by atoms with Gasteiger partial charge in [0.2, 0.25) is 5.91 Å². The summed E-state index contributed by atoms with van der Waals surface area (Å²) < 4.78 is 14.6. The molecule has 0 spiro atoms. The van der Waals surface area contributed by atoms with Gasteiger partial charge in [0, 0.05) is 41.4 Å². The minimum Gasteiger partial charge on any atom is -0.396 e. The molecule has 0 saturated carbocycles. The maximum absolute atomic E-state index is 13.3. The van der Waals surface area contributed by atoms with E-state index in [0.717, 1.165) is 5.56 Å². The van der Waals surface area contributed by atoms with Crippen molar-refractivity contribution in [3.8, 4) is 11.4 Å². The van der Waals surface area contributed by atoms with E-state index in [1.54, 1.807) is 31.2 Å². The van der Waals surface area contributed by atoms with Crippen LogP contribution in [0.15, 0.2) is 53.3 Å². The van der Waals surface area contributed by atoms with Crippen LogP contribution in [0.1, 0.15) is 16.8 Å². The fraction of sp³-hybridized carbons (Fsp3) is 0.227. The molecular formula is C22H21ClFN3O3. The van der Waals surface area contributed by atoms with E-state index in [0.29, 0.717) is 21.8 Å². The molecule has 0 unspecified atom stereocenters. The van der Waals surface area contributed by atoms with Gasteiger partial charge in [-0.05, 0) is 48.9 Å². The lowest BCUT2D eigenvalue weighted by molar-refractivity contribution is -0.121. The maximum Gasteiger partial charge on any atom is 0.257 e. The van der Waals surface area contributed by atoms with Gasteiger partial charge in [-0.25, -0.2) is 9.37 Å². The lowest BCUT2D eigenvalue weighted by atomic mass is 10.1. The average Bonchev–Trinajstić information content (AvgIpc) is 2.73. The fourth-order valence-electron chi connectivity index (χ4n) is 3.07. The highest BCUT2D eigenvalue weighted by molar-refractivity contribution is 6.30. The van der Waals surface area contributed by atoms with Crippen molar-refractivity contribution in [2.45, 2.75) is 26.4 Å². The van der Waals surface area contributed by atoms with Crippen molar-refractivity contribution < 1.29 is 14.3 Å². The smallest absolute Gasteiger partial charge is 0.257 e. The quantitative estimate of drug-likeness (QED) is 0.605. The molecule has 30 heavy (non-hydrogen) atoms. The molecule has 0 fully saturated rings. The highest BCUT2D eigenvalue weighted by Gasteiger charge is 2.17. The number of carbonyl (C=O) groups is 1. The van der Waals surface area contributed by atoms with E-state index in [-0.39, 0.29) is 37.8 Å². The molecule has 1 amide bonds. The lowest BCUT2D eigenvalue weighted by Gasteiger charge is -2.16. The normalized spacial score (nSPS) is 10.8. The molecule has 2 N–H and O–H groups in total. The van der Waals surface area contributed by atoms with E-state index in [1.165, 1.54) is 28.8 Å². The SMILES string of the molecule is Cc1nc(-c2ccc(F)cc2)n(CC(=O)NCc2ccc(Cl)cc2)c(=O)c1CCO. The number of carbonyl (C=O) groups excluding carboxylic acids is 1. The Morgan fingerprint density at radius 2 is 1.83 bits per heavy atom. The van der Waals surface area contributed by atoms with E-state index in [1.807, 2.05) is 0 Å². The second-order valence-corrected chi connectivity index (χ2v) is 7.21. The third-order valence-electron chi connectivity index (χ3n) is 4.64. The van der Waals surface area contributed by atoms with Gasteiger partial charge in [-0.15, -0.1) is 0 Å². The second-order valence-electron chi connectivity index (χ2n) is 6.77. The molecule has 0 aliphatic rings. The van der Waals surface area contributed by atoms with Gasteiger partial charge in [0.25, 0.3) is 5.56 Å². The van der Waals surface area contributed by atoms with E-state index in [9.17, 15) is 19.1 Å². The van der Waals surface area contributed by atoms with Crippen LogP contribution in [0.3, 0.4) is 0 Å². The van der Waals surface area contributed by atoms with Gasteiger partial charge in [0.15, 0.2) is 0 Å². The van der Waals surface area contributed by atoms with Gasteiger partial charge >= 0.3 is 0 Å². The molecule has 3 aromatic rings. The Kier molecular flexibility index (Phi) is 6.97. The van der Waals surface area contributed by atoms with Crippen molar-refractivity contribution in [1.29, 1.82) is 0 Å². The summed E-state index contributed by atoms with van der Waals surface area (Å²) >= 11 is 5.86. The number of hydrogen-bond acceptors (Lipinski definition) is 4. The van der Waals surface area contributed by atoms with Gasteiger partial charge in [0.1, 0.15) is 18.2 Å². The van der Waals surface area contributed by atoms with Crippen LogP contribution in [-0.2, 0) is 24.3 Å². The summed E-state index contributed by atoms with van der Waals surface area (Å²) in [7, 11) is 0. The van der Waals surface area contributed by atoms with Crippen molar-refractivity contribution in [1.82, 2.24) is 14.9 Å². The van der Waals surface area contributed by atoms with Crippen molar-refractivity contribution in [3.63, 3.8) is 0 Å². The summed E-state index contributed by atoms with van der Waals surface area (Å²) in [6.07, 6.45) is 0.133. The molecule has 0 bridgehead atoms. The molecular weight excluding hydrogens is 409 g/mol. The third-order valence-corrected chi connectivity index (χ3v) is 4.89. The number of nitrogens with zero attached hydrogens (tertiary/aromatic N) is 2. The summed E-state index contributed by atoms with van der Waals surface area (Å²) in [4.78, 5) is 30.1. The molecule has 3 rings (SSSR count). The van der Waals surface area contributed by atoms with E-state index >= 15 is 0 Å². The van der Waals surface area contributed by atoms with Crippen molar-refractivity contribution in [3.05, 3.63) is 86.5 Å². The van der Waals surface area contributed by atoms with Crippen LogP contribution < -0.4 is 10.9 Å². The molecule has 1 aromatic heterocycles. The van der Waals surface area contributed by atoms with Gasteiger partial charge in [-0.1, -0.05) is 23.7 Å². The molecule has 0 radical (unpaired) electrons. The Balaban J connectivity index is 1.91. The standard InChI is InChI=1S/C22H21ClFN3O3/c1-14-19(10-11-28)22(30)27(21(26-14)16-4-8-18(24)9-5-16)13-20(29)25-12-15-2-6-17(23)7-3-15/h2-9,28H,10-13H2,1H3,(H,25,29). The Labute approximate surface area is 178 Å². The van der Waals surface area contributed by atoms with Crippen LogP contribution in [0.5, 0.6) is 0 Å². The maximum atomic E-state index is 13.3. The molecule has 6 nitrogen and oxygen atoms in total. The number of halogens is 2. The predicted octanol–water partition coefficient (Wildman–Crippen LogP) is 2.86. The molecule has 2 aromatic carbocycles. The lowest BCUT2D eigenvalue weighted by Crippen LogP contribution is -2.35. The number of nitrogens with one attached hydrogen (secondary N) is 1. The predicted molar refractivity (Wildman–Crippen MR) is 113 cm³/mol. The van der Waals surface area contributed by atoms with Crippen LogP contribution in [0, 0.1) is 12.7 Å². The molecule has 0 aliphatic heterocycles. The van der Waals surface area contributed by atoms with Gasteiger partial charge in [-0.3, -0.25) is 14.2 Å². The number of aryl methyl sites for hydroxylation is 1. The monoisotopic (exact) mass is 429 g/mol. The number of aliphatic hydroxyl groups is 1. The summed E-state index contributed by atoms with van der Waals surface area (Å²) in [5.41, 5.74) is 1.78. The largest absolute Gasteiger partial charge is 0.396 e. The summed E-state index contributed by atoms with van der Waals surface area (Å²) in [6, 6.07) is 12.6. The fourth-order valence-corrected chi connectivity index (χ4v) is 3.19. The van der Waals surface area contributed by atoms with Crippen LogP contribution in [0.25, 0.3) is 11.4 Å². The van der Waals surface area contributed by atoms with Gasteiger partial charge in [0.05, 0.1) is 0 Å². The molecule has 0 atom stereocenters. The number of aliphatic hydroxyl groups excluding tert-OH is 1. The first-order valence-electron chi connectivity index (χ1n) is 9.37. The minimum absolute atomic E-state index is 0.133. The number of rotatable bonds is 7. The summed E-state index contributed by atoms with van der Waals surface area (Å²) in [6.45, 7) is 1.48. The summed E-state index contributed by atoms with van der Waals surface area (Å²) in [5, 5.41) is 12.7. The highest BCUT2D eigenvalue weighted by Crippen LogP contribution is 2.18. The Morgan fingerprint density at radius 3 is 2.47 bits per heavy atom. The first kappa shape index (κ1) is 21.7. The first-order valence-corrected chi connectivity index (χ1v) is 9.75. The second kappa shape index (κ2) is 9.65. The third kappa shape index (κ3) is 5.11. The molecule has 0 saturated heterocycles. The van der Waals surface area contributed by atoms with Gasteiger partial charge < -0.3 is 10.4 Å². The van der Waals surface area contributed by atoms with Crippen LogP contribution >= 0.6 is 11.6 Å². The van der Waals surface area contributed by atoms with Crippen LogP contribution in [-0.4, -0.2) is 27.2 Å². The zero-order chi connectivity index (χ0) is 21.7. The minimum atomic E-state index is -0.415. The number of benzene rings is 2. The molecule has 0 aliphatic carbocycles. The van der Waals surface area contributed by atoms with Crippen LogP contribution in [0.2, 0.25) is 5.02 Å². The van der Waals surface area contributed by atoms with Crippen molar-refractivity contribution in [2.24, 2.45) is 0 Å². The van der Waals surface area contributed by atoms with Crippen molar-refractivity contribution in [2.75, 3.05) is 6.61 Å². The van der Waals surface area contributed by atoms with E-state index in [4.69, 9.17) is 11.6 Å². The highest BCUT2D eigenvalue weighted by atomic mass is 35.5. The first-order chi connectivity index (χ1) is 14.4. The number of aromatic nitrogens is 2. The Bertz CT molecular complexity index is 1100. The zero-order valence-corrected chi connectivity index (χ0v) is 17.1. The average molecular weight is 430 g/mol. The van der Waals surface area contributed by atoms with E-state index < -0.39 is 11.4 Å². The zero-order valence-electron chi connectivity index (χ0n) is 16.4. The Morgan fingerprint density at radius 1 is 1.17 bits per heavy atom. The van der Waals surface area contributed by atoms with Gasteiger partial charge in [-0.2, -0.15) is 0 Å². The van der Waals surface area contributed by atoms with Crippen LogP contribution in [0.4, 0.5) is 4.39 Å². The van der Waals surface area contributed by atoms with E-state index in [2.05, 4.69) is 10.3 Å². The topological polar surface area (TPSA) is 84.2 Å². The number of hydrogen-bond donors (Lipinski definition) is 2. The molecule has 1 heterocycles. The summed E-state index contributed by atoms with van der Waals surface area (Å²) in [5.74, 6) is -0.529. The molecule has 156 valence electrons. The number of amides is 1.